The Hall–Kier alpha value is -2.35. The van der Waals surface area contributed by atoms with Crippen LogP contribution in [-0.2, 0) is 24.7 Å². The summed E-state index contributed by atoms with van der Waals surface area (Å²) in [6, 6.07) is 11.3. The van der Waals surface area contributed by atoms with Crippen LogP contribution in [-0.4, -0.2) is 18.5 Å². The summed E-state index contributed by atoms with van der Waals surface area (Å²) < 4.78 is 10.2. The maximum atomic E-state index is 12.0. The zero-order valence-electron chi connectivity index (χ0n) is 12.6. The van der Waals surface area contributed by atoms with Crippen molar-refractivity contribution < 1.29 is 19.1 Å². The number of nitrogens with zero attached hydrogens (tertiary/aromatic N) is 1. The van der Waals surface area contributed by atoms with Crippen molar-refractivity contribution in [2.24, 2.45) is 5.92 Å². The molecule has 1 aromatic rings. The van der Waals surface area contributed by atoms with Gasteiger partial charge in [0.25, 0.3) is 0 Å². The molecule has 5 heteroatoms. The smallest absolute Gasteiger partial charge is 0.346 e. The Bertz CT molecular complexity index is 572. The fourth-order valence-electron chi connectivity index (χ4n) is 2.94. The van der Waals surface area contributed by atoms with Crippen LogP contribution in [0, 0.1) is 17.2 Å². The number of rotatable bonds is 5. The third-order valence-corrected chi connectivity index (χ3v) is 3.97. The molecule has 0 unspecified atom stereocenters. The molecular formula is C17H19NO4. The number of benzene rings is 1. The fourth-order valence-corrected chi connectivity index (χ4v) is 2.94. The van der Waals surface area contributed by atoms with E-state index in [2.05, 4.69) is 10.8 Å². The Morgan fingerprint density at radius 3 is 2.45 bits per heavy atom. The molecule has 2 rings (SSSR count). The van der Waals surface area contributed by atoms with Crippen molar-refractivity contribution in [3.63, 3.8) is 0 Å². The highest BCUT2D eigenvalue weighted by atomic mass is 16.6. The van der Waals surface area contributed by atoms with Crippen molar-refractivity contribution in [1.29, 1.82) is 5.26 Å². The molecule has 5 nitrogen and oxygen atoms in total. The van der Waals surface area contributed by atoms with Gasteiger partial charge in [-0.1, -0.05) is 43.2 Å². The first kappa shape index (κ1) is 16.0. The van der Waals surface area contributed by atoms with Gasteiger partial charge in [0, 0.05) is 18.4 Å². The zero-order valence-corrected chi connectivity index (χ0v) is 12.6. The van der Waals surface area contributed by atoms with Gasteiger partial charge in [0.05, 0.1) is 0 Å². The monoisotopic (exact) mass is 301 g/mol. The number of hydrogen-bond donors (Lipinski definition) is 0. The van der Waals surface area contributed by atoms with Crippen molar-refractivity contribution >= 4 is 11.9 Å². The molecule has 1 fully saturated rings. The number of hydrogen-bond acceptors (Lipinski definition) is 5. The number of nitriles is 1. The maximum absolute atomic E-state index is 12.0. The van der Waals surface area contributed by atoms with Gasteiger partial charge in [-0.2, -0.15) is 5.26 Å². The minimum Gasteiger partial charge on any atom is -0.454 e. The van der Waals surface area contributed by atoms with Gasteiger partial charge in [0.15, 0.2) is 6.61 Å². The Balaban J connectivity index is 2.27. The molecule has 0 aliphatic heterocycles. The average molecular weight is 301 g/mol. The molecule has 116 valence electrons. The molecule has 1 aromatic carbocycles. The Labute approximate surface area is 129 Å². The van der Waals surface area contributed by atoms with Gasteiger partial charge in [-0.05, 0) is 12.8 Å². The Kier molecular flexibility index (Phi) is 5.16. The van der Waals surface area contributed by atoms with E-state index >= 15 is 0 Å². The summed E-state index contributed by atoms with van der Waals surface area (Å²) in [6.07, 6.45) is 3.71. The Morgan fingerprint density at radius 1 is 1.27 bits per heavy atom. The van der Waals surface area contributed by atoms with E-state index in [1.807, 2.05) is 18.2 Å². The lowest BCUT2D eigenvalue weighted by molar-refractivity contribution is -0.170. The molecule has 0 N–H and O–H groups in total. The third-order valence-electron chi connectivity index (χ3n) is 3.97. The summed E-state index contributed by atoms with van der Waals surface area (Å²) in [7, 11) is 0. The third kappa shape index (κ3) is 3.45. The molecule has 22 heavy (non-hydrogen) atoms. The standard InChI is InChI=1S/C17H19NO4/c1-13(19)21-11-16(20)22-17(12-18,15-9-5-6-10-15)14-7-3-2-4-8-14/h2-4,7-8,15H,5-6,9-11H2,1H3/t17-/m1/s1. The van der Waals surface area contributed by atoms with E-state index in [0.29, 0.717) is 5.56 Å². The van der Waals surface area contributed by atoms with Crippen LogP contribution in [0.1, 0.15) is 38.2 Å². The Morgan fingerprint density at radius 2 is 1.91 bits per heavy atom. The van der Waals surface area contributed by atoms with Gasteiger partial charge in [-0.15, -0.1) is 0 Å². The predicted octanol–water partition coefficient (Wildman–Crippen LogP) is 2.70. The molecular weight excluding hydrogens is 282 g/mol. The molecule has 0 amide bonds. The summed E-state index contributed by atoms with van der Waals surface area (Å²) in [5.74, 6) is -1.30. The van der Waals surface area contributed by atoms with Crippen LogP contribution in [0.2, 0.25) is 0 Å². The number of ether oxygens (including phenoxy) is 2. The molecule has 1 atom stereocenters. The van der Waals surface area contributed by atoms with E-state index in [4.69, 9.17) is 4.74 Å². The molecule has 0 aromatic heterocycles. The van der Waals surface area contributed by atoms with Gasteiger partial charge in [0.1, 0.15) is 6.07 Å². The lowest BCUT2D eigenvalue weighted by Gasteiger charge is -2.32. The van der Waals surface area contributed by atoms with Crippen molar-refractivity contribution in [3.8, 4) is 6.07 Å². The fraction of sp³-hybridized carbons (Fsp3) is 0.471. The van der Waals surface area contributed by atoms with E-state index in [-0.39, 0.29) is 5.92 Å². The van der Waals surface area contributed by atoms with Crippen LogP contribution in [0.25, 0.3) is 0 Å². The van der Waals surface area contributed by atoms with E-state index < -0.39 is 24.1 Å². The second-order valence-electron chi connectivity index (χ2n) is 5.45. The van der Waals surface area contributed by atoms with Crippen LogP contribution in [0.5, 0.6) is 0 Å². The quantitative estimate of drug-likeness (QED) is 0.781. The second kappa shape index (κ2) is 7.08. The summed E-state index contributed by atoms with van der Waals surface area (Å²) >= 11 is 0. The minimum absolute atomic E-state index is 0.0406. The first-order chi connectivity index (χ1) is 10.6. The molecule has 0 heterocycles. The molecule has 0 radical (unpaired) electrons. The molecule has 1 saturated carbocycles. The molecule has 0 saturated heterocycles. The maximum Gasteiger partial charge on any atom is 0.346 e. The molecule has 1 aliphatic rings. The largest absolute Gasteiger partial charge is 0.454 e. The van der Waals surface area contributed by atoms with Gasteiger partial charge in [0.2, 0.25) is 5.60 Å². The normalized spacial score (nSPS) is 17.3. The van der Waals surface area contributed by atoms with Crippen LogP contribution >= 0.6 is 0 Å². The van der Waals surface area contributed by atoms with Crippen molar-refractivity contribution in [2.45, 2.75) is 38.2 Å². The molecule has 1 aliphatic carbocycles. The zero-order chi connectivity index (χ0) is 16.0. The highest BCUT2D eigenvalue weighted by Gasteiger charge is 2.45. The first-order valence-corrected chi connectivity index (χ1v) is 7.40. The van der Waals surface area contributed by atoms with Gasteiger partial charge < -0.3 is 9.47 Å². The lowest BCUT2D eigenvalue weighted by atomic mass is 9.81. The van der Waals surface area contributed by atoms with Gasteiger partial charge in [-0.3, -0.25) is 4.79 Å². The summed E-state index contributed by atoms with van der Waals surface area (Å²) in [6.45, 7) is 0.747. The van der Waals surface area contributed by atoms with Crippen LogP contribution in [0.4, 0.5) is 0 Å². The SMILES string of the molecule is CC(=O)OCC(=O)O[C@](C#N)(c1ccccc1)C1CCCC1. The average Bonchev–Trinajstić information content (AvgIpc) is 3.06. The highest BCUT2D eigenvalue weighted by molar-refractivity contribution is 5.76. The lowest BCUT2D eigenvalue weighted by Crippen LogP contribution is -2.39. The van der Waals surface area contributed by atoms with Crippen molar-refractivity contribution in [2.75, 3.05) is 6.61 Å². The minimum atomic E-state index is -1.31. The predicted molar refractivity (Wildman–Crippen MR) is 78.4 cm³/mol. The van der Waals surface area contributed by atoms with Crippen LogP contribution < -0.4 is 0 Å². The van der Waals surface area contributed by atoms with Crippen LogP contribution in [0.15, 0.2) is 30.3 Å². The van der Waals surface area contributed by atoms with Gasteiger partial charge >= 0.3 is 11.9 Å². The van der Waals surface area contributed by atoms with Crippen LogP contribution in [0.3, 0.4) is 0 Å². The summed E-state index contributed by atoms with van der Waals surface area (Å²) in [4.78, 5) is 22.8. The van der Waals surface area contributed by atoms with E-state index in [1.165, 1.54) is 6.92 Å². The van der Waals surface area contributed by atoms with E-state index in [0.717, 1.165) is 25.7 Å². The number of carbonyl (C=O) groups is 2. The van der Waals surface area contributed by atoms with Gasteiger partial charge in [-0.25, -0.2) is 4.79 Å². The van der Waals surface area contributed by atoms with Crippen molar-refractivity contribution in [1.82, 2.24) is 0 Å². The summed E-state index contributed by atoms with van der Waals surface area (Å²) in [5.41, 5.74) is -0.643. The van der Waals surface area contributed by atoms with E-state index in [1.54, 1.807) is 12.1 Å². The topological polar surface area (TPSA) is 76.4 Å². The highest BCUT2D eigenvalue weighted by Crippen LogP contribution is 2.43. The molecule has 0 bridgehead atoms. The van der Waals surface area contributed by atoms with E-state index in [9.17, 15) is 14.9 Å². The first-order valence-electron chi connectivity index (χ1n) is 7.40. The number of carbonyl (C=O) groups excluding carboxylic acids is 2. The second-order valence-corrected chi connectivity index (χ2v) is 5.45. The summed E-state index contributed by atoms with van der Waals surface area (Å²) in [5, 5.41) is 9.78. The van der Waals surface area contributed by atoms with Crippen molar-refractivity contribution in [3.05, 3.63) is 35.9 Å². The number of esters is 2. The molecule has 0 spiro atoms.